The Bertz CT molecular complexity index is 2270. The van der Waals surface area contributed by atoms with Crippen LogP contribution in [0.3, 0.4) is 0 Å². The lowest BCUT2D eigenvalue weighted by Gasteiger charge is -2.30. The first-order valence-electron chi connectivity index (χ1n) is 20.3. The highest BCUT2D eigenvalue weighted by Gasteiger charge is 2.62. The molecule has 2 aromatic carbocycles. The van der Waals surface area contributed by atoms with Crippen LogP contribution >= 0.6 is 0 Å². The Balaban J connectivity index is 1.24. The number of ether oxygens (including phenoxy) is 4. The molecule has 1 aromatic heterocycles. The van der Waals surface area contributed by atoms with Crippen molar-refractivity contribution in [2.24, 2.45) is 5.92 Å². The number of amides is 4. The standard InChI is InChI=1S/C43H54N6O10S/c1-42(2,3)59-41(53)45-34-18-20-57-19-8-7-9-28-24-43(28,40(52)47-60(54,55)32-15-16-32)46-37(50)36-23-31(25-49(36)39(34)51)58-38-33-17-12-29(48(4)5)21-27(33)22-35(44-38)26-10-13-30(56-6)14-11-26/h7,9-14,17,21-22,28,31-32,34,36H,8,15-16,18-20,23-25H2,1-6H3,(H,45,53)(H,46,50)(H,47,52)/b9-7-/t28-,31-,34+,36+,43-/m1/s1. The van der Waals surface area contributed by atoms with Gasteiger partial charge in [-0.2, -0.15) is 0 Å². The molecular weight excluding hydrogens is 793 g/mol. The van der Waals surface area contributed by atoms with Gasteiger partial charge in [-0.25, -0.2) is 18.2 Å². The maximum absolute atomic E-state index is 14.7. The van der Waals surface area contributed by atoms with Gasteiger partial charge in [0, 0.05) is 56.1 Å². The zero-order chi connectivity index (χ0) is 43.0. The van der Waals surface area contributed by atoms with Crippen molar-refractivity contribution >= 4 is 50.3 Å². The van der Waals surface area contributed by atoms with E-state index in [1.807, 2.05) is 73.6 Å². The molecule has 0 unspecified atom stereocenters. The SMILES string of the molecule is COc1ccc(-c2cc3cc(N(C)C)ccc3c(O[C@@H]3C[C@H]4C(=O)N[C@]5(C(=O)NS(=O)(=O)C6CC6)C[C@H]5/C=C\CCOCC[C@H](NC(=O)OC(C)(C)C)C(=O)N4C3)n2)cc1. The minimum Gasteiger partial charge on any atom is -0.497 e. The van der Waals surface area contributed by atoms with E-state index in [0.717, 1.165) is 16.6 Å². The third kappa shape index (κ3) is 9.62. The van der Waals surface area contributed by atoms with Gasteiger partial charge in [0.05, 0.1) is 31.2 Å². The number of benzene rings is 2. The second kappa shape index (κ2) is 16.9. The van der Waals surface area contributed by atoms with E-state index in [4.69, 9.17) is 23.9 Å². The largest absolute Gasteiger partial charge is 0.497 e. The normalized spacial score (nSPS) is 25.4. The molecule has 3 heterocycles. The van der Waals surface area contributed by atoms with Gasteiger partial charge in [0.25, 0.3) is 5.91 Å². The highest BCUT2D eigenvalue weighted by molar-refractivity contribution is 7.91. The molecule has 2 saturated carbocycles. The van der Waals surface area contributed by atoms with E-state index in [1.165, 1.54) is 4.90 Å². The number of sulfonamides is 1. The van der Waals surface area contributed by atoms with Crippen LogP contribution in [-0.2, 0) is 33.9 Å². The highest BCUT2D eigenvalue weighted by Crippen LogP contribution is 2.46. The zero-order valence-corrected chi connectivity index (χ0v) is 35.7. The van der Waals surface area contributed by atoms with E-state index < -0.39 is 74.3 Å². The molecule has 4 amide bonds. The number of nitrogens with one attached hydrogen (secondary N) is 3. The summed E-state index contributed by atoms with van der Waals surface area (Å²) in [6.07, 6.45) is 3.64. The van der Waals surface area contributed by atoms with E-state index in [9.17, 15) is 27.6 Å². The molecule has 16 nitrogen and oxygen atoms in total. The molecule has 5 atom stereocenters. The van der Waals surface area contributed by atoms with Crippen molar-refractivity contribution in [3.05, 3.63) is 60.7 Å². The van der Waals surface area contributed by atoms with Crippen LogP contribution in [0, 0.1) is 5.92 Å². The fourth-order valence-electron chi connectivity index (χ4n) is 7.61. The Hall–Kier alpha value is -5.42. The van der Waals surface area contributed by atoms with E-state index in [0.29, 0.717) is 36.1 Å². The molecule has 3 N–H and O–H groups in total. The lowest BCUT2D eigenvalue weighted by molar-refractivity contribution is -0.141. The summed E-state index contributed by atoms with van der Waals surface area (Å²) in [5.74, 6) is -1.59. The topological polar surface area (TPSA) is 195 Å². The molecule has 322 valence electrons. The van der Waals surface area contributed by atoms with Crippen molar-refractivity contribution in [3.8, 4) is 22.9 Å². The number of hydrogen-bond donors (Lipinski definition) is 3. The number of aromatic nitrogens is 1. The fraction of sp³-hybridized carbons (Fsp3) is 0.512. The molecule has 0 radical (unpaired) electrons. The van der Waals surface area contributed by atoms with Gasteiger partial charge in [-0.1, -0.05) is 12.2 Å². The summed E-state index contributed by atoms with van der Waals surface area (Å²) in [5, 5.41) is 6.47. The zero-order valence-electron chi connectivity index (χ0n) is 34.9. The first-order valence-corrected chi connectivity index (χ1v) is 21.9. The van der Waals surface area contributed by atoms with Crippen LogP contribution in [0.5, 0.6) is 11.6 Å². The van der Waals surface area contributed by atoms with Gasteiger partial charge in [0.2, 0.25) is 27.7 Å². The monoisotopic (exact) mass is 846 g/mol. The minimum absolute atomic E-state index is 0.00245. The van der Waals surface area contributed by atoms with Gasteiger partial charge in [0.15, 0.2) is 0 Å². The number of hydrogen-bond acceptors (Lipinski definition) is 12. The van der Waals surface area contributed by atoms with Crippen molar-refractivity contribution in [3.63, 3.8) is 0 Å². The van der Waals surface area contributed by atoms with Crippen molar-refractivity contribution in [2.45, 2.75) is 93.9 Å². The summed E-state index contributed by atoms with van der Waals surface area (Å²) < 4.78 is 51.5. The third-order valence-electron chi connectivity index (χ3n) is 11.1. The number of anilines is 1. The summed E-state index contributed by atoms with van der Waals surface area (Å²) in [6, 6.07) is 13.0. The Labute approximate surface area is 350 Å². The summed E-state index contributed by atoms with van der Waals surface area (Å²) in [5.41, 5.74) is -0.0199. The first kappa shape index (κ1) is 42.7. The smallest absolute Gasteiger partial charge is 0.408 e. The first-order chi connectivity index (χ1) is 28.5. The van der Waals surface area contributed by atoms with E-state index >= 15 is 0 Å². The molecule has 1 saturated heterocycles. The van der Waals surface area contributed by atoms with Gasteiger partial charge in [0.1, 0.15) is 35.1 Å². The quantitative estimate of drug-likeness (QED) is 0.262. The van der Waals surface area contributed by atoms with E-state index in [-0.39, 0.29) is 44.9 Å². The summed E-state index contributed by atoms with van der Waals surface area (Å²) in [7, 11) is 1.56. The number of alkyl carbamates (subject to hydrolysis) is 1. The van der Waals surface area contributed by atoms with Crippen LogP contribution in [0.2, 0.25) is 0 Å². The average molecular weight is 847 g/mol. The van der Waals surface area contributed by atoms with Crippen molar-refractivity contribution in [2.75, 3.05) is 45.9 Å². The lowest BCUT2D eigenvalue weighted by atomic mass is 10.1. The second-order valence-corrected chi connectivity index (χ2v) is 19.0. The van der Waals surface area contributed by atoms with Crippen LogP contribution in [0.1, 0.15) is 59.3 Å². The fourth-order valence-corrected chi connectivity index (χ4v) is 8.98. The number of rotatable bonds is 9. The maximum atomic E-state index is 14.7. The Morgan fingerprint density at radius 1 is 1.03 bits per heavy atom. The Morgan fingerprint density at radius 2 is 1.78 bits per heavy atom. The van der Waals surface area contributed by atoms with E-state index in [1.54, 1.807) is 34.0 Å². The lowest BCUT2D eigenvalue weighted by Crippen LogP contribution is -2.58. The van der Waals surface area contributed by atoms with Crippen LogP contribution in [0.15, 0.2) is 60.7 Å². The predicted octanol–water partition coefficient (Wildman–Crippen LogP) is 4.07. The minimum atomic E-state index is -3.93. The molecule has 0 spiro atoms. The predicted molar refractivity (Wildman–Crippen MR) is 224 cm³/mol. The second-order valence-electron chi connectivity index (χ2n) is 17.1. The van der Waals surface area contributed by atoms with Crippen molar-refractivity contribution in [1.29, 1.82) is 0 Å². The van der Waals surface area contributed by atoms with Crippen LogP contribution < -0.4 is 29.7 Å². The molecule has 2 aliphatic heterocycles. The number of fused-ring (bicyclic) bond motifs is 3. The highest BCUT2D eigenvalue weighted by atomic mass is 32.2. The summed E-state index contributed by atoms with van der Waals surface area (Å²) >= 11 is 0. The van der Waals surface area contributed by atoms with Crippen molar-refractivity contribution < 1.29 is 46.5 Å². The van der Waals surface area contributed by atoms with Crippen LogP contribution in [-0.4, -0.2) is 118 Å². The molecule has 2 aliphatic carbocycles. The molecule has 60 heavy (non-hydrogen) atoms. The summed E-state index contributed by atoms with van der Waals surface area (Å²) in [6.45, 7) is 5.45. The molecule has 17 heteroatoms. The number of carbonyl (C=O) groups excluding carboxylic acids is 4. The van der Waals surface area contributed by atoms with Crippen molar-refractivity contribution in [1.82, 2.24) is 25.2 Å². The molecule has 0 bridgehead atoms. The van der Waals surface area contributed by atoms with Gasteiger partial charge in [-0.05, 0) is 100 Å². The third-order valence-corrected chi connectivity index (χ3v) is 12.9. The molecule has 7 rings (SSSR count). The number of carbonyl (C=O) groups is 4. The van der Waals surface area contributed by atoms with E-state index in [2.05, 4.69) is 15.4 Å². The van der Waals surface area contributed by atoms with Gasteiger partial charge in [-0.15, -0.1) is 0 Å². The van der Waals surface area contributed by atoms with Crippen LogP contribution in [0.4, 0.5) is 10.5 Å². The average Bonchev–Trinajstić information content (AvgIpc) is 4.12. The maximum Gasteiger partial charge on any atom is 0.408 e. The van der Waals surface area contributed by atoms with Gasteiger partial charge in [-0.3, -0.25) is 19.1 Å². The molecule has 3 aromatic rings. The Kier molecular flexibility index (Phi) is 12.0. The molecular formula is C43H54N6O10S. The molecule has 4 aliphatic rings. The molecule has 3 fully saturated rings. The number of pyridine rings is 1. The number of methoxy groups -OCH3 is 1. The Morgan fingerprint density at radius 3 is 2.47 bits per heavy atom. The number of nitrogens with zero attached hydrogens (tertiary/aromatic N) is 3. The van der Waals surface area contributed by atoms with Gasteiger partial charge >= 0.3 is 6.09 Å². The van der Waals surface area contributed by atoms with Crippen LogP contribution in [0.25, 0.3) is 22.0 Å². The van der Waals surface area contributed by atoms with Gasteiger partial charge < -0.3 is 39.4 Å². The summed E-state index contributed by atoms with van der Waals surface area (Å²) in [4.78, 5) is 64.4.